The predicted molar refractivity (Wildman–Crippen MR) is 95.2 cm³/mol. The molecule has 0 unspecified atom stereocenters. The van der Waals surface area contributed by atoms with E-state index in [0.29, 0.717) is 12.1 Å². The molecule has 128 valence electrons. The van der Waals surface area contributed by atoms with Gasteiger partial charge < -0.3 is 0 Å². The van der Waals surface area contributed by atoms with Gasteiger partial charge in [-0.2, -0.15) is 10.2 Å². The molecule has 2 aromatic rings. The molecule has 0 radical (unpaired) electrons. The molecule has 1 aliphatic rings. The van der Waals surface area contributed by atoms with Crippen molar-refractivity contribution in [2.75, 3.05) is 0 Å². The van der Waals surface area contributed by atoms with Crippen LogP contribution in [0.4, 0.5) is 4.39 Å². The number of hydrogen-bond acceptors (Lipinski definition) is 3. The van der Waals surface area contributed by atoms with Gasteiger partial charge in [0.2, 0.25) is 0 Å². The molecular weight excluding hydrogens is 303 g/mol. The summed E-state index contributed by atoms with van der Waals surface area (Å²) in [5.74, 6) is -0.241. The lowest BCUT2D eigenvalue weighted by Crippen LogP contribution is -2.39. The van der Waals surface area contributed by atoms with Gasteiger partial charge in [-0.1, -0.05) is 0 Å². The molecule has 0 spiro atoms. The van der Waals surface area contributed by atoms with E-state index >= 15 is 0 Å². The van der Waals surface area contributed by atoms with Gasteiger partial charge in [-0.15, -0.1) is 0 Å². The molecule has 0 N–H and O–H groups in total. The molecule has 3 rings (SSSR count). The van der Waals surface area contributed by atoms with Gasteiger partial charge in [0.1, 0.15) is 5.82 Å². The van der Waals surface area contributed by atoms with Crippen LogP contribution in [0.15, 0.2) is 29.4 Å². The number of rotatable bonds is 3. The highest BCUT2D eigenvalue weighted by Gasteiger charge is 2.23. The Morgan fingerprint density at radius 2 is 1.75 bits per heavy atom. The molecular formula is C19H25FN4. The van der Waals surface area contributed by atoms with E-state index in [-0.39, 0.29) is 5.82 Å². The van der Waals surface area contributed by atoms with E-state index in [0.717, 1.165) is 22.6 Å². The second-order valence-corrected chi connectivity index (χ2v) is 6.73. The number of piperidine rings is 1. The molecule has 0 aliphatic carbocycles. The van der Waals surface area contributed by atoms with Crippen molar-refractivity contribution in [1.29, 1.82) is 0 Å². The van der Waals surface area contributed by atoms with Crippen molar-refractivity contribution in [2.24, 2.45) is 5.10 Å². The lowest BCUT2D eigenvalue weighted by Gasteiger charge is -2.36. The molecule has 1 aromatic heterocycles. The number of nitrogens with zero attached hydrogens (tertiary/aromatic N) is 4. The highest BCUT2D eigenvalue weighted by molar-refractivity contribution is 5.82. The number of halogens is 1. The summed E-state index contributed by atoms with van der Waals surface area (Å²) in [4.78, 5) is 0. The fourth-order valence-corrected chi connectivity index (χ4v) is 3.43. The van der Waals surface area contributed by atoms with Crippen molar-refractivity contribution in [1.82, 2.24) is 14.8 Å². The summed E-state index contributed by atoms with van der Waals surface area (Å²) in [6.45, 7) is 8.47. The van der Waals surface area contributed by atoms with Gasteiger partial charge in [-0.25, -0.2) is 9.07 Å². The van der Waals surface area contributed by atoms with Gasteiger partial charge in [-0.05, 0) is 71.2 Å². The van der Waals surface area contributed by atoms with Crippen molar-refractivity contribution in [2.45, 2.75) is 59.0 Å². The molecule has 5 heteroatoms. The van der Waals surface area contributed by atoms with Crippen molar-refractivity contribution >= 4 is 6.21 Å². The summed E-state index contributed by atoms with van der Waals surface area (Å²) in [7, 11) is 0. The average Bonchev–Trinajstić information content (AvgIpc) is 2.83. The third-order valence-corrected chi connectivity index (χ3v) is 4.89. The van der Waals surface area contributed by atoms with Crippen LogP contribution in [0.3, 0.4) is 0 Å². The highest BCUT2D eigenvalue weighted by Crippen LogP contribution is 2.23. The predicted octanol–water partition coefficient (Wildman–Crippen LogP) is 4.23. The zero-order valence-electron chi connectivity index (χ0n) is 14.8. The van der Waals surface area contributed by atoms with Gasteiger partial charge in [0, 0.05) is 17.6 Å². The zero-order chi connectivity index (χ0) is 17.3. The maximum absolute atomic E-state index is 13.1. The standard InChI is InChI=1S/C19H25FN4/c1-13-6-5-7-14(2)23(13)21-12-19-15(3)22-24(16(19)4)18-10-8-17(20)9-11-18/h8-14H,5-7H2,1-4H3/t13-,14+. The molecule has 24 heavy (non-hydrogen) atoms. The van der Waals surface area contributed by atoms with E-state index in [2.05, 4.69) is 24.0 Å². The highest BCUT2D eigenvalue weighted by atomic mass is 19.1. The van der Waals surface area contributed by atoms with E-state index < -0.39 is 0 Å². The monoisotopic (exact) mass is 328 g/mol. The first-order chi connectivity index (χ1) is 11.5. The summed E-state index contributed by atoms with van der Waals surface area (Å²) >= 11 is 0. The Hall–Kier alpha value is -2.17. The van der Waals surface area contributed by atoms with Crippen LogP contribution in [0.2, 0.25) is 0 Å². The van der Waals surface area contributed by atoms with Crippen molar-refractivity contribution in [3.63, 3.8) is 0 Å². The van der Waals surface area contributed by atoms with E-state index in [4.69, 9.17) is 5.10 Å². The van der Waals surface area contributed by atoms with Crippen LogP contribution in [0, 0.1) is 19.7 Å². The SMILES string of the molecule is Cc1nn(-c2ccc(F)cc2)c(C)c1C=NN1[C@H](C)CCC[C@@H]1C. The Balaban J connectivity index is 1.89. The van der Waals surface area contributed by atoms with Crippen LogP contribution in [-0.4, -0.2) is 33.1 Å². The first kappa shape index (κ1) is 16.7. The Morgan fingerprint density at radius 3 is 2.38 bits per heavy atom. The number of hydrazone groups is 1. The third kappa shape index (κ3) is 3.21. The molecule has 1 saturated heterocycles. The van der Waals surface area contributed by atoms with Gasteiger partial charge in [-0.3, -0.25) is 5.01 Å². The second-order valence-electron chi connectivity index (χ2n) is 6.73. The number of aromatic nitrogens is 2. The van der Waals surface area contributed by atoms with Crippen molar-refractivity contribution in [3.05, 3.63) is 47.0 Å². The van der Waals surface area contributed by atoms with Gasteiger partial charge in [0.05, 0.1) is 23.3 Å². The minimum Gasteiger partial charge on any atom is -0.292 e. The topological polar surface area (TPSA) is 33.4 Å². The van der Waals surface area contributed by atoms with Gasteiger partial charge in [0.25, 0.3) is 0 Å². The van der Waals surface area contributed by atoms with Crippen LogP contribution in [0.1, 0.15) is 50.1 Å². The van der Waals surface area contributed by atoms with E-state index in [1.165, 1.54) is 31.4 Å². The molecule has 1 fully saturated rings. The minimum atomic E-state index is -0.241. The molecule has 2 heterocycles. The van der Waals surface area contributed by atoms with E-state index in [1.54, 1.807) is 12.1 Å². The van der Waals surface area contributed by atoms with E-state index in [9.17, 15) is 4.39 Å². The Bertz CT molecular complexity index is 723. The largest absolute Gasteiger partial charge is 0.292 e. The Kier molecular flexibility index (Phi) is 4.69. The summed E-state index contributed by atoms with van der Waals surface area (Å²) in [6.07, 6.45) is 5.58. The summed E-state index contributed by atoms with van der Waals surface area (Å²) in [6, 6.07) is 7.33. The van der Waals surface area contributed by atoms with Gasteiger partial charge in [0.15, 0.2) is 0 Å². The molecule has 4 nitrogen and oxygen atoms in total. The fraction of sp³-hybridized carbons (Fsp3) is 0.474. The fourth-order valence-electron chi connectivity index (χ4n) is 3.43. The molecule has 1 aliphatic heterocycles. The molecule has 2 atom stereocenters. The lowest BCUT2D eigenvalue weighted by atomic mass is 10.00. The van der Waals surface area contributed by atoms with E-state index in [1.807, 2.05) is 24.7 Å². The Labute approximate surface area is 143 Å². The van der Waals surface area contributed by atoms with Crippen LogP contribution in [-0.2, 0) is 0 Å². The van der Waals surface area contributed by atoms with Crippen LogP contribution in [0.5, 0.6) is 0 Å². The molecule has 0 amide bonds. The number of aryl methyl sites for hydroxylation is 1. The number of benzene rings is 1. The minimum absolute atomic E-state index is 0.241. The molecule has 0 saturated carbocycles. The first-order valence-electron chi connectivity index (χ1n) is 8.62. The second kappa shape index (κ2) is 6.75. The van der Waals surface area contributed by atoms with Crippen LogP contribution in [0.25, 0.3) is 5.69 Å². The van der Waals surface area contributed by atoms with Crippen molar-refractivity contribution < 1.29 is 4.39 Å². The maximum Gasteiger partial charge on any atom is 0.123 e. The lowest BCUT2D eigenvalue weighted by molar-refractivity contribution is 0.109. The summed E-state index contributed by atoms with van der Waals surface area (Å²) < 4.78 is 15.0. The smallest absolute Gasteiger partial charge is 0.123 e. The van der Waals surface area contributed by atoms with Crippen LogP contribution >= 0.6 is 0 Å². The summed E-state index contributed by atoms with van der Waals surface area (Å²) in [5, 5.41) is 11.6. The number of hydrogen-bond donors (Lipinski definition) is 0. The normalized spacial score (nSPS) is 21.6. The average molecular weight is 328 g/mol. The maximum atomic E-state index is 13.1. The third-order valence-electron chi connectivity index (χ3n) is 4.89. The first-order valence-corrected chi connectivity index (χ1v) is 8.62. The zero-order valence-corrected chi connectivity index (χ0v) is 14.8. The summed E-state index contributed by atoms with van der Waals surface area (Å²) in [5.41, 5.74) is 3.83. The van der Waals surface area contributed by atoms with Crippen molar-refractivity contribution in [3.8, 4) is 5.69 Å². The molecule has 1 aromatic carbocycles. The van der Waals surface area contributed by atoms with Gasteiger partial charge >= 0.3 is 0 Å². The van der Waals surface area contributed by atoms with Crippen LogP contribution < -0.4 is 0 Å². The quantitative estimate of drug-likeness (QED) is 0.790. The Morgan fingerprint density at radius 1 is 1.12 bits per heavy atom. The molecule has 0 bridgehead atoms.